The van der Waals surface area contributed by atoms with E-state index in [0.29, 0.717) is 37.0 Å². The van der Waals surface area contributed by atoms with Crippen LogP contribution in [-0.2, 0) is 9.53 Å². The highest BCUT2D eigenvalue weighted by Crippen LogP contribution is 2.35. The summed E-state index contributed by atoms with van der Waals surface area (Å²) in [5.41, 5.74) is 2.21. The summed E-state index contributed by atoms with van der Waals surface area (Å²) in [6, 6.07) is 6.17. The second-order valence-electron chi connectivity index (χ2n) is 6.05. The van der Waals surface area contributed by atoms with Gasteiger partial charge in [0.15, 0.2) is 0 Å². The van der Waals surface area contributed by atoms with Crippen LogP contribution in [0.25, 0.3) is 21.5 Å². The summed E-state index contributed by atoms with van der Waals surface area (Å²) in [4.78, 5) is 18.8. The summed E-state index contributed by atoms with van der Waals surface area (Å²) in [6.45, 7) is 4.34. The van der Waals surface area contributed by atoms with Crippen LogP contribution in [0.2, 0.25) is 0 Å². The standard InChI is InChI=1S/C18H17FN4O2S2/c1-11-20-16-17(27-11)15(12-2-4-13(19)5-3-12)21-22-18(16)26-10-14(24)23-6-8-25-9-7-23/h2-5H,6-10H2,1H3. The van der Waals surface area contributed by atoms with Crippen LogP contribution in [0.5, 0.6) is 0 Å². The van der Waals surface area contributed by atoms with Crippen LogP contribution >= 0.6 is 23.1 Å². The summed E-state index contributed by atoms with van der Waals surface area (Å²) in [7, 11) is 0. The normalized spacial score (nSPS) is 14.7. The predicted octanol–water partition coefficient (Wildman–Crippen LogP) is 3.15. The monoisotopic (exact) mass is 404 g/mol. The van der Waals surface area contributed by atoms with Crippen LogP contribution in [-0.4, -0.2) is 58.0 Å². The molecule has 6 nitrogen and oxygen atoms in total. The van der Waals surface area contributed by atoms with Gasteiger partial charge in [-0.2, -0.15) is 0 Å². The lowest BCUT2D eigenvalue weighted by atomic mass is 10.1. The van der Waals surface area contributed by atoms with Gasteiger partial charge in [-0.25, -0.2) is 9.37 Å². The molecule has 1 fully saturated rings. The highest BCUT2D eigenvalue weighted by molar-refractivity contribution is 8.00. The van der Waals surface area contributed by atoms with Crippen LogP contribution in [0, 0.1) is 12.7 Å². The maximum Gasteiger partial charge on any atom is 0.233 e. The maximum absolute atomic E-state index is 13.2. The van der Waals surface area contributed by atoms with Crippen molar-refractivity contribution in [1.82, 2.24) is 20.1 Å². The number of carbonyl (C=O) groups excluding carboxylic acids is 1. The first-order valence-electron chi connectivity index (χ1n) is 8.50. The molecule has 1 saturated heterocycles. The molecule has 0 bridgehead atoms. The molecule has 0 aliphatic carbocycles. The molecule has 0 spiro atoms. The number of fused-ring (bicyclic) bond motifs is 1. The van der Waals surface area contributed by atoms with Crippen LogP contribution in [0.4, 0.5) is 4.39 Å². The van der Waals surface area contributed by atoms with Gasteiger partial charge < -0.3 is 9.64 Å². The number of amides is 1. The Morgan fingerprint density at radius 1 is 1.26 bits per heavy atom. The van der Waals surface area contributed by atoms with Crippen LogP contribution in [0.3, 0.4) is 0 Å². The Morgan fingerprint density at radius 2 is 2.00 bits per heavy atom. The summed E-state index contributed by atoms with van der Waals surface area (Å²) in [6.07, 6.45) is 0. The Balaban J connectivity index is 1.60. The third-order valence-corrected chi connectivity index (χ3v) is 6.12. The number of benzene rings is 1. The number of hydrogen-bond acceptors (Lipinski definition) is 7. The van der Waals surface area contributed by atoms with Gasteiger partial charge in [-0.15, -0.1) is 21.5 Å². The van der Waals surface area contributed by atoms with Gasteiger partial charge in [-0.3, -0.25) is 4.79 Å². The van der Waals surface area contributed by atoms with E-state index in [1.807, 2.05) is 6.92 Å². The van der Waals surface area contributed by atoms with Crippen LogP contribution in [0.1, 0.15) is 5.01 Å². The van der Waals surface area contributed by atoms with Crippen molar-refractivity contribution < 1.29 is 13.9 Å². The molecule has 27 heavy (non-hydrogen) atoms. The number of hydrogen-bond donors (Lipinski definition) is 0. The maximum atomic E-state index is 13.2. The van der Waals surface area contributed by atoms with Gasteiger partial charge in [0.2, 0.25) is 5.91 Å². The first-order valence-corrected chi connectivity index (χ1v) is 10.3. The molecule has 0 atom stereocenters. The van der Waals surface area contributed by atoms with Gasteiger partial charge in [-0.05, 0) is 31.2 Å². The van der Waals surface area contributed by atoms with Crippen molar-refractivity contribution in [2.45, 2.75) is 11.9 Å². The molecular weight excluding hydrogens is 387 g/mol. The SMILES string of the molecule is Cc1nc2c(SCC(=O)N3CCOCC3)nnc(-c3ccc(F)cc3)c2s1. The third kappa shape index (κ3) is 3.95. The van der Waals surface area contributed by atoms with E-state index in [4.69, 9.17) is 4.74 Å². The Labute approximate surface area is 163 Å². The van der Waals surface area contributed by atoms with Gasteiger partial charge in [0.25, 0.3) is 0 Å². The number of thiazole rings is 1. The van der Waals surface area contributed by atoms with Gasteiger partial charge in [0.1, 0.15) is 22.1 Å². The Kier molecular flexibility index (Phi) is 5.33. The molecule has 3 heterocycles. The van der Waals surface area contributed by atoms with Crippen molar-refractivity contribution in [3.63, 3.8) is 0 Å². The number of aromatic nitrogens is 3. The minimum atomic E-state index is -0.294. The molecule has 0 unspecified atom stereocenters. The quantitative estimate of drug-likeness (QED) is 0.623. The van der Waals surface area contributed by atoms with E-state index in [2.05, 4.69) is 15.2 Å². The number of thioether (sulfide) groups is 1. The number of nitrogens with zero attached hydrogens (tertiary/aromatic N) is 4. The van der Waals surface area contributed by atoms with Crippen molar-refractivity contribution in [2.75, 3.05) is 32.1 Å². The zero-order valence-corrected chi connectivity index (χ0v) is 16.3. The molecule has 2 aromatic heterocycles. The Hall–Kier alpha value is -2.10. The van der Waals surface area contributed by atoms with E-state index in [0.717, 1.165) is 20.8 Å². The van der Waals surface area contributed by atoms with E-state index in [1.165, 1.54) is 35.2 Å². The highest BCUT2D eigenvalue weighted by Gasteiger charge is 2.20. The largest absolute Gasteiger partial charge is 0.378 e. The van der Waals surface area contributed by atoms with E-state index in [-0.39, 0.29) is 17.5 Å². The van der Waals surface area contributed by atoms with Gasteiger partial charge >= 0.3 is 0 Å². The van der Waals surface area contributed by atoms with Crippen LogP contribution < -0.4 is 0 Å². The molecule has 1 amide bonds. The molecule has 140 valence electrons. The van der Waals surface area contributed by atoms with Crippen molar-refractivity contribution in [3.05, 3.63) is 35.1 Å². The number of halogens is 1. The summed E-state index contributed by atoms with van der Waals surface area (Å²) in [5.74, 6) is 0.0565. The lowest BCUT2D eigenvalue weighted by Crippen LogP contribution is -2.41. The summed E-state index contributed by atoms with van der Waals surface area (Å²) < 4.78 is 19.4. The fourth-order valence-electron chi connectivity index (χ4n) is 2.85. The molecule has 1 aliphatic heterocycles. The second kappa shape index (κ2) is 7.87. The van der Waals surface area contributed by atoms with E-state index >= 15 is 0 Å². The van der Waals surface area contributed by atoms with Crippen molar-refractivity contribution in [2.24, 2.45) is 0 Å². The van der Waals surface area contributed by atoms with Crippen molar-refractivity contribution >= 4 is 39.2 Å². The second-order valence-corrected chi connectivity index (χ2v) is 8.22. The molecular formula is C18H17FN4O2S2. The van der Waals surface area contributed by atoms with Gasteiger partial charge in [0.05, 0.1) is 28.7 Å². The fraction of sp³-hybridized carbons (Fsp3) is 0.333. The Bertz CT molecular complexity index is 971. The number of carbonyl (C=O) groups is 1. The third-order valence-electron chi connectivity index (χ3n) is 4.21. The molecule has 4 rings (SSSR count). The smallest absolute Gasteiger partial charge is 0.233 e. The lowest BCUT2D eigenvalue weighted by molar-refractivity contribution is -0.132. The van der Waals surface area contributed by atoms with E-state index < -0.39 is 0 Å². The molecule has 3 aromatic rings. The average Bonchev–Trinajstić information content (AvgIpc) is 3.09. The highest BCUT2D eigenvalue weighted by atomic mass is 32.2. The number of rotatable bonds is 4. The minimum Gasteiger partial charge on any atom is -0.378 e. The molecule has 0 saturated carbocycles. The van der Waals surface area contributed by atoms with Crippen molar-refractivity contribution in [3.8, 4) is 11.3 Å². The average molecular weight is 404 g/mol. The first-order chi connectivity index (χ1) is 13.1. The predicted molar refractivity (Wildman–Crippen MR) is 103 cm³/mol. The van der Waals surface area contributed by atoms with Gasteiger partial charge in [0, 0.05) is 18.7 Å². The number of morpholine rings is 1. The molecule has 0 N–H and O–H groups in total. The van der Waals surface area contributed by atoms with E-state index in [1.54, 1.807) is 17.0 Å². The fourth-order valence-corrected chi connectivity index (χ4v) is 4.67. The zero-order valence-electron chi connectivity index (χ0n) is 14.6. The number of ether oxygens (including phenoxy) is 1. The zero-order chi connectivity index (χ0) is 18.8. The van der Waals surface area contributed by atoms with Gasteiger partial charge in [-0.1, -0.05) is 11.8 Å². The molecule has 1 aromatic carbocycles. The lowest BCUT2D eigenvalue weighted by Gasteiger charge is -2.26. The van der Waals surface area contributed by atoms with Crippen molar-refractivity contribution in [1.29, 1.82) is 0 Å². The summed E-state index contributed by atoms with van der Waals surface area (Å²) in [5, 5.41) is 10.2. The number of aryl methyl sites for hydroxylation is 1. The first kappa shape index (κ1) is 18.3. The summed E-state index contributed by atoms with van der Waals surface area (Å²) >= 11 is 2.87. The van der Waals surface area contributed by atoms with Crippen LogP contribution in [0.15, 0.2) is 29.3 Å². The van der Waals surface area contributed by atoms with E-state index in [9.17, 15) is 9.18 Å². The Morgan fingerprint density at radius 3 is 2.74 bits per heavy atom. The molecule has 1 aliphatic rings. The topological polar surface area (TPSA) is 68.2 Å². The molecule has 9 heteroatoms. The molecule has 0 radical (unpaired) electrons. The minimum absolute atomic E-state index is 0.0628.